The highest BCUT2D eigenvalue weighted by Gasteiger charge is 2.28. The van der Waals surface area contributed by atoms with E-state index in [1.807, 2.05) is 53.9 Å². The van der Waals surface area contributed by atoms with Crippen LogP contribution in [-0.4, -0.2) is 33.2 Å². The highest BCUT2D eigenvalue weighted by molar-refractivity contribution is 7.14. The molecular formula is C24H20N4O3S. The first-order chi connectivity index (χ1) is 15.6. The minimum atomic E-state index is -0.601. The van der Waals surface area contributed by atoms with Crippen molar-refractivity contribution >= 4 is 45.0 Å². The number of amides is 2. The number of hydrogen-bond acceptors (Lipinski definition) is 5. The highest BCUT2D eigenvalue weighted by atomic mass is 32.1. The van der Waals surface area contributed by atoms with Crippen LogP contribution < -0.4 is 10.6 Å². The van der Waals surface area contributed by atoms with E-state index in [-0.39, 0.29) is 18.5 Å². The van der Waals surface area contributed by atoms with Crippen LogP contribution >= 0.6 is 11.3 Å². The Morgan fingerprint density at radius 1 is 1.03 bits per heavy atom. The molecule has 1 fully saturated rings. The Morgan fingerprint density at radius 2 is 1.78 bits per heavy atom. The van der Waals surface area contributed by atoms with Gasteiger partial charge in [0.15, 0.2) is 5.13 Å². The van der Waals surface area contributed by atoms with E-state index >= 15 is 0 Å². The third-order valence-corrected chi connectivity index (χ3v) is 6.04. The van der Waals surface area contributed by atoms with Gasteiger partial charge in [0.2, 0.25) is 5.91 Å². The van der Waals surface area contributed by atoms with Crippen LogP contribution in [0.3, 0.4) is 0 Å². The molecule has 4 aromatic rings. The maximum absolute atomic E-state index is 12.7. The summed E-state index contributed by atoms with van der Waals surface area (Å²) in [6.07, 6.45) is 3.39. The summed E-state index contributed by atoms with van der Waals surface area (Å²) < 4.78 is 1.69. The number of carbonyl (C=O) groups is 3. The highest BCUT2D eigenvalue weighted by Crippen LogP contribution is 2.26. The number of Topliss-reactive ketones (excluding diaryl/α,β-unsaturated/α-hetero) is 1. The van der Waals surface area contributed by atoms with Gasteiger partial charge in [0, 0.05) is 34.1 Å². The first-order valence-corrected chi connectivity index (χ1v) is 11.2. The van der Waals surface area contributed by atoms with E-state index in [4.69, 9.17) is 0 Å². The lowest BCUT2D eigenvalue weighted by atomic mass is 10.1. The van der Waals surface area contributed by atoms with Gasteiger partial charge in [-0.15, -0.1) is 11.3 Å². The molecule has 1 aliphatic rings. The lowest BCUT2D eigenvalue weighted by Crippen LogP contribution is -2.32. The molecule has 0 atom stereocenters. The van der Waals surface area contributed by atoms with Gasteiger partial charge in [0.05, 0.1) is 11.3 Å². The van der Waals surface area contributed by atoms with Crippen LogP contribution in [0.25, 0.3) is 22.2 Å². The number of aromatic nitrogens is 2. The minimum absolute atomic E-state index is 0.00170. The number of ketones is 1. The van der Waals surface area contributed by atoms with Gasteiger partial charge < -0.3 is 15.2 Å². The second kappa shape index (κ2) is 8.39. The Balaban J connectivity index is 1.34. The molecule has 2 amide bonds. The molecule has 0 spiro atoms. The van der Waals surface area contributed by atoms with Crippen LogP contribution in [0.2, 0.25) is 0 Å². The Kier molecular flexibility index (Phi) is 5.28. The summed E-state index contributed by atoms with van der Waals surface area (Å²) in [4.78, 5) is 42.2. The standard InChI is InChI=1S/C24H20N4O3S/c29-21(27-24-26-19(14-32-24)15-6-2-1-3-7-15)13-28-12-18(17-8-4-5-9-20(17)28)22(30)23(31)25-16-10-11-16/h1-9,12,14,16H,10-11,13H2,(H,25,31)(H,26,27,29). The van der Waals surface area contributed by atoms with Crippen molar-refractivity contribution in [2.45, 2.75) is 25.4 Å². The van der Waals surface area contributed by atoms with Crippen LogP contribution in [0.5, 0.6) is 0 Å². The predicted octanol–water partition coefficient (Wildman–Crippen LogP) is 3.86. The number of rotatable bonds is 7. The largest absolute Gasteiger partial charge is 0.346 e. The first-order valence-electron chi connectivity index (χ1n) is 10.3. The smallest absolute Gasteiger partial charge is 0.292 e. The second-order valence-electron chi connectivity index (χ2n) is 7.72. The Morgan fingerprint density at radius 3 is 2.56 bits per heavy atom. The van der Waals surface area contributed by atoms with Crippen molar-refractivity contribution in [1.29, 1.82) is 0 Å². The van der Waals surface area contributed by atoms with Crippen LogP contribution in [-0.2, 0) is 16.1 Å². The predicted molar refractivity (Wildman–Crippen MR) is 124 cm³/mol. The van der Waals surface area contributed by atoms with Gasteiger partial charge in [-0.05, 0) is 18.9 Å². The summed E-state index contributed by atoms with van der Waals surface area (Å²) in [5.41, 5.74) is 2.79. The van der Waals surface area contributed by atoms with E-state index in [1.165, 1.54) is 11.3 Å². The lowest BCUT2D eigenvalue weighted by molar-refractivity contribution is -0.117. The van der Waals surface area contributed by atoms with Crippen molar-refractivity contribution in [2.75, 3.05) is 5.32 Å². The van der Waals surface area contributed by atoms with Gasteiger partial charge >= 0.3 is 0 Å². The number of thiazole rings is 1. The SMILES string of the molecule is O=C(Cn1cc(C(=O)C(=O)NC2CC2)c2ccccc21)Nc1nc(-c2ccccc2)cs1. The Hall–Kier alpha value is -3.78. The van der Waals surface area contributed by atoms with Crippen molar-refractivity contribution < 1.29 is 14.4 Å². The average Bonchev–Trinajstić information content (AvgIpc) is 3.38. The zero-order valence-corrected chi connectivity index (χ0v) is 17.9. The fourth-order valence-corrected chi connectivity index (χ4v) is 4.28. The third-order valence-electron chi connectivity index (χ3n) is 5.29. The summed E-state index contributed by atoms with van der Waals surface area (Å²) in [7, 11) is 0. The van der Waals surface area contributed by atoms with Crippen LogP contribution in [0.4, 0.5) is 5.13 Å². The fraction of sp³-hybridized carbons (Fsp3) is 0.167. The van der Waals surface area contributed by atoms with Crippen LogP contribution in [0.15, 0.2) is 66.2 Å². The molecule has 160 valence electrons. The maximum atomic E-state index is 12.7. The number of anilines is 1. The average molecular weight is 445 g/mol. The molecule has 0 aliphatic heterocycles. The normalized spacial score (nSPS) is 13.1. The summed E-state index contributed by atoms with van der Waals surface area (Å²) in [6, 6.07) is 17.1. The topological polar surface area (TPSA) is 93.1 Å². The molecule has 7 nitrogen and oxygen atoms in total. The molecule has 1 aliphatic carbocycles. The van der Waals surface area contributed by atoms with Gasteiger partial charge in [-0.1, -0.05) is 48.5 Å². The number of benzene rings is 2. The molecule has 2 heterocycles. The quantitative estimate of drug-likeness (QED) is 0.334. The van der Waals surface area contributed by atoms with E-state index in [0.717, 1.165) is 24.1 Å². The molecule has 5 rings (SSSR count). The molecule has 0 saturated heterocycles. The summed E-state index contributed by atoms with van der Waals surface area (Å²) >= 11 is 1.35. The number of hydrogen-bond donors (Lipinski definition) is 2. The number of fused-ring (bicyclic) bond motifs is 1. The molecule has 32 heavy (non-hydrogen) atoms. The van der Waals surface area contributed by atoms with Gasteiger partial charge in [0.25, 0.3) is 11.7 Å². The van der Waals surface area contributed by atoms with Crippen molar-refractivity contribution in [2.24, 2.45) is 0 Å². The van der Waals surface area contributed by atoms with E-state index in [2.05, 4.69) is 15.6 Å². The fourth-order valence-electron chi connectivity index (χ4n) is 3.55. The molecule has 8 heteroatoms. The number of para-hydroxylation sites is 1. The monoisotopic (exact) mass is 444 g/mol. The molecule has 1 saturated carbocycles. The molecular weight excluding hydrogens is 424 g/mol. The molecule has 0 unspecified atom stereocenters. The molecule has 2 N–H and O–H groups in total. The number of carbonyl (C=O) groups excluding carboxylic acids is 3. The second-order valence-corrected chi connectivity index (χ2v) is 8.57. The van der Waals surface area contributed by atoms with Crippen molar-refractivity contribution in [3.8, 4) is 11.3 Å². The first kappa shape index (κ1) is 20.1. The van der Waals surface area contributed by atoms with Gasteiger partial charge in [-0.25, -0.2) is 4.98 Å². The van der Waals surface area contributed by atoms with E-state index in [1.54, 1.807) is 16.8 Å². The van der Waals surface area contributed by atoms with E-state index < -0.39 is 11.7 Å². The Bertz CT molecular complexity index is 1320. The number of nitrogens with one attached hydrogen (secondary N) is 2. The lowest BCUT2D eigenvalue weighted by Gasteiger charge is -2.05. The summed E-state index contributed by atoms with van der Waals surface area (Å²) in [5, 5.41) is 8.60. The van der Waals surface area contributed by atoms with Gasteiger partial charge in [0.1, 0.15) is 6.54 Å². The van der Waals surface area contributed by atoms with Crippen molar-refractivity contribution in [3.63, 3.8) is 0 Å². The summed E-state index contributed by atoms with van der Waals surface area (Å²) in [6.45, 7) is -0.00170. The summed E-state index contributed by atoms with van der Waals surface area (Å²) in [5.74, 6) is -1.45. The van der Waals surface area contributed by atoms with Gasteiger partial charge in [-0.2, -0.15) is 0 Å². The maximum Gasteiger partial charge on any atom is 0.292 e. The van der Waals surface area contributed by atoms with Crippen LogP contribution in [0.1, 0.15) is 23.2 Å². The van der Waals surface area contributed by atoms with Gasteiger partial charge in [-0.3, -0.25) is 14.4 Å². The van der Waals surface area contributed by atoms with Crippen molar-refractivity contribution in [1.82, 2.24) is 14.9 Å². The molecule has 0 radical (unpaired) electrons. The Labute approximate surface area is 188 Å². The molecule has 0 bridgehead atoms. The van der Waals surface area contributed by atoms with E-state index in [0.29, 0.717) is 21.6 Å². The minimum Gasteiger partial charge on any atom is -0.346 e. The zero-order valence-electron chi connectivity index (χ0n) is 17.1. The van der Waals surface area contributed by atoms with Crippen LogP contribution in [0, 0.1) is 0 Å². The van der Waals surface area contributed by atoms with Crippen molar-refractivity contribution in [3.05, 3.63) is 71.7 Å². The third kappa shape index (κ3) is 4.17. The zero-order chi connectivity index (χ0) is 22.1. The number of nitrogens with zero attached hydrogens (tertiary/aromatic N) is 2. The molecule has 2 aromatic carbocycles. The molecule has 2 aromatic heterocycles. The van der Waals surface area contributed by atoms with E-state index in [9.17, 15) is 14.4 Å².